The molecule has 3 rings (SSSR count). The van der Waals surface area contributed by atoms with Crippen LogP contribution in [0.2, 0.25) is 0 Å². The van der Waals surface area contributed by atoms with Gasteiger partial charge in [0.05, 0.1) is 0 Å². The number of thioether (sulfide) groups is 1. The Kier molecular flexibility index (Phi) is 5.55. The fraction of sp³-hybridized carbons (Fsp3) is 0.130. The summed E-state index contributed by atoms with van der Waals surface area (Å²) < 4.78 is 0. The van der Waals surface area contributed by atoms with E-state index in [2.05, 4.69) is 98.2 Å². The number of hydrogen-bond acceptors (Lipinski definition) is 1. The molecule has 0 fully saturated rings. The summed E-state index contributed by atoms with van der Waals surface area (Å²) in [5, 5.41) is 2.59. The standard InChI is InChI=1S/C23H22S/c1-3-23(24-2)20-15-13-18(14-16-20)17-21-11-7-8-12-22(21)19-9-5-4-6-10-19/h3-9,11-17H,10H2,1-2H3/b21-17-,22-19-,23-3-. The van der Waals surface area contributed by atoms with Crippen molar-refractivity contribution in [2.24, 2.45) is 0 Å². The summed E-state index contributed by atoms with van der Waals surface area (Å²) in [5.41, 5.74) is 3.89. The summed E-state index contributed by atoms with van der Waals surface area (Å²) in [7, 11) is 0. The van der Waals surface area contributed by atoms with Crippen LogP contribution in [0, 0.1) is 0 Å². The zero-order valence-corrected chi connectivity index (χ0v) is 15.0. The fourth-order valence-electron chi connectivity index (χ4n) is 2.95. The highest BCUT2D eigenvalue weighted by Gasteiger charge is 1.99. The van der Waals surface area contributed by atoms with Gasteiger partial charge in [-0.2, -0.15) is 0 Å². The van der Waals surface area contributed by atoms with Gasteiger partial charge >= 0.3 is 0 Å². The third-order valence-electron chi connectivity index (χ3n) is 4.19. The first-order valence-electron chi connectivity index (χ1n) is 8.25. The summed E-state index contributed by atoms with van der Waals surface area (Å²) in [5.74, 6) is 0. The third kappa shape index (κ3) is 3.80. The van der Waals surface area contributed by atoms with Crippen LogP contribution in [0.1, 0.15) is 24.5 Å². The predicted molar refractivity (Wildman–Crippen MR) is 109 cm³/mol. The normalized spacial score (nSPS) is 17.4. The molecule has 0 amide bonds. The van der Waals surface area contributed by atoms with Gasteiger partial charge in [-0.1, -0.05) is 78.9 Å². The Labute approximate surface area is 148 Å². The highest BCUT2D eigenvalue weighted by molar-refractivity contribution is 8.07. The van der Waals surface area contributed by atoms with Gasteiger partial charge in [-0.3, -0.25) is 0 Å². The van der Waals surface area contributed by atoms with E-state index >= 15 is 0 Å². The molecular weight excluding hydrogens is 308 g/mol. The van der Waals surface area contributed by atoms with Gasteiger partial charge in [0.1, 0.15) is 0 Å². The number of benzene rings is 2. The van der Waals surface area contributed by atoms with Crippen molar-refractivity contribution in [3.8, 4) is 0 Å². The summed E-state index contributed by atoms with van der Waals surface area (Å²) in [6.07, 6.45) is 16.2. The van der Waals surface area contributed by atoms with Crippen LogP contribution < -0.4 is 10.4 Å². The van der Waals surface area contributed by atoms with E-state index in [4.69, 9.17) is 0 Å². The van der Waals surface area contributed by atoms with Gasteiger partial charge in [-0.25, -0.2) is 0 Å². The molecule has 0 spiro atoms. The van der Waals surface area contributed by atoms with Gasteiger partial charge in [0, 0.05) is 4.91 Å². The minimum absolute atomic E-state index is 0.999. The number of allylic oxidation sites excluding steroid dienone is 5. The molecule has 2 aromatic carbocycles. The van der Waals surface area contributed by atoms with Gasteiger partial charge in [-0.05, 0) is 52.8 Å². The van der Waals surface area contributed by atoms with Crippen LogP contribution in [0.25, 0.3) is 16.6 Å². The van der Waals surface area contributed by atoms with Gasteiger partial charge in [0.25, 0.3) is 0 Å². The second-order valence-corrected chi connectivity index (χ2v) is 6.58. The highest BCUT2D eigenvalue weighted by Crippen LogP contribution is 2.24. The molecule has 0 aliphatic heterocycles. The predicted octanol–water partition coefficient (Wildman–Crippen LogP) is 4.91. The molecule has 1 aliphatic carbocycles. The Hall–Kier alpha value is -2.25. The number of hydrogen-bond donors (Lipinski definition) is 0. The molecule has 2 aromatic rings. The minimum atomic E-state index is 0.999. The maximum atomic E-state index is 2.27. The molecule has 0 saturated carbocycles. The van der Waals surface area contributed by atoms with Crippen molar-refractivity contribution in [3.05, 3.63) is 100 Å². The molecule has 0 bridgehead atoms. The maximum absolute atomic E-state index is 2.27. The van der Waals surface area contributed by atoms with Crippen molar-refractivity contribution in [1.82, 2.24) is 0 Å². The lowest BCUT2D eigenvalue weighted by molar-refractivity contribution is 1.35. The second kappa shape index (κ2) is 8.03. The molecule has 0 nitrogen and oxygen atoms in total. The summed E-state index contributed by atoms with van der Waals surface area (Å²) in [6.45, 7) is 2.09. The SMILES string of the molecule is C/C=C(\SC)c1ccc(/C=c2/cccc/c2=C2\C=CC=CC2)cc1. The van der Waals surface area contributed by atoms with Crippen molar-refractivity contribution in [1.29, 1.82) is 0 Å². The van der Waals surface area contributed by atoms with E-state index in [1.54, 1.807) is 11.8 Å². The zero-order chi connectivity index (χ0) is 16.8. The van der Waals surface area contributed by atoms with Crippen LogP contribution in [0.4, 0.5) is 0 Å². The molecule has 0 unspecified atom stereocenters. The topological polar surface area (TPSA) is 0 Å². The summed E-state index contributed by atoms with van der Waals surface area (Å²) in [4.78, 5) is 1.32. The Morgan fingerprint density at radius 2 is 1.79 bits per heavy atom. The van der Waals surface area contributed by atoms with Crippen LogP contribution in [0.3, 0.4) is 0 Å². The lowest BCUT2D eigenvalue weighted by Crippen LogP contribution is -2.26. The van der Waals surface area contributed by atoms with Gasteiger partial charge in [0.2, 0.25) is 0 Å². The molecule has 1 aliphatic rings. The quantitative estimate of drug-likeness (QED) is 0.771. The van der Waals surface area contributed by atoms with E-state index in [-0.39, 0.29) is 0 Å². The first-order chi connectivity index (χ1) is 11.8. The van der Waals surface area contributed by atoms with E-state index in [9.17, 15) is 0 Å². The maximum Gasteiger partial charge on any atom is 0.00989 e. The molecule has 0 saturated heterocycles. The van der Waals surface area contributed by atoms with Crippen molar-refractivity contribution in [2.45, 2.75) is 13.3 Å². The zero-order valence-electron chi connectivity index (χ0n) is 14.2. The Morgan fingerprint density at radius 3 is 2.46 bits per heavy atom. The fourth-order valence-corrected chi connectivity index (χ4v) is 3.56. The smallest absolute Gasteiger partial charge is 0.00989 e. The van der Waals surface area contributed by atoms with Crippen molar-refractivity contribution in [2.75, 3.05) is 6.26 Å². The highest BCUT2D eigenvalue weighted by atomic mass is 32.2. The molecular formula is C23H22S. The largest absolute Gasteiger partial charge is 0.129 e. The molecule has 0 atom stereocenters. The molecule has 0 N–H and O–H groups in total. The first kappa shape index (κ1) is 16.6. The van der Waals surface area contributed by atoms with Crippen LogP contribution in [0.5, 0.6) is 0 Å². The monoisotopic (exact) mass is 330 g/mol. The van der Waals surface area contributed by atoms with Gasteiger partial charge in [0.15, 0.2) is 0 Å². The van der Waals surface area contributed by atoms with Gasteiger partial charge in [-0.15, -0.1) is 11.8 Å². The second-order valence-electron chi connectivity index (χ2n) is 5.73. The summed E-state index contributed by atoms with van der Waals surface area (Å²) >= 11 is 1.79. The first-order valence-corrected chi connectivity index (χ1v) is 9.48. The Morgan fingerprint density at radius 1 is 1.00 bits per heavy atom. The molecule has 120 valence electrons. The van der Waals surface area contributed by atoms with E-state index in [1.165, 1.54) is 32.0 Å². The van der Waals surface area contributed by atoms with E-state index in [1.807, 2.05) is 0 Å². The molecule has 0 aromatic heterocycles. The molecule has 0 radical (unpaired) electrons. The Bertz CT molecular complexity index is 909. The number of rotatable bonds is 3. The van der Waals surface area contributed by atoms with Crippen molar-refractivity contribution in [3.63, 3.8) is 0 Å². The van der Waals surface area contributed by atoms with E-state index < -0.39 is 0 Å². The Balaban J connectivity index is 2.04. The summed E-state index contributed by atoms with van der Waals surface area (Å²) in [6, 6.07) is 17.4. The average Bonchev–Trinajstić information content (AvgIpc) is 2.65. The van der Waals surface area contributed by atoms with Crippen LogP contribution in [0.15, 0.2) is 78.9 Å². The lowest BCUT2D eigenvalue weighted by Gasteiger charge is -2.05. The van der Waals surface area contributed by atoms with Crippen LogP contribution in [-0.2, 0) is 0 Å². The van der Waals surface area contributed by atoms with Crippen LogP contribution in [-0.4, -0.2) is 6.26 Å². The van der Waals surface area contributed by atoms with E-state index in [0.717, 1.165) is 6.42 Å². The minimum Gasteiger partial charge on any atom is -0.129 e. The lowest BCUT2D eigenvalue weighted by atomic mass is 10.0. The molecule has 24 heavy (non-hydrogen) atoms. The molecule has 0 heterocycles. The van der Waals surface area contributed by atoms with Crippen LogP contribution >= 0.6 is 11.8 Å². The molecule has 1 heteroatoms. The third-order valence-corrected chi connectivity index (χ3v) is 5.10. The van der Waals surface area contributed by atoms with Crippen molar-refractivity contribution >= 4 is 28.3 Å². The van der Waals surface area contributed by atoms with E-state index in [0.29, 0.717) is 0 Å². The average molecular weight is 330 g/mol. The van der Waals surface area contributed by atoms with Gasteiger partial charge < -0.3 is 0 Å². The van der Waals surface area contributed by atoms with Crippen molar-refractivity contribution < 1.29 is 0 Å².